The molecule has 0 spiro atoms. The van der Waals surface area contributed by atoms with Gasteiger partial charge in [-0.2, -0.15) is 0 Å². The van der Waals surface area contributed by atoms with Crippen molar-refractivity contribution in [2.75, 3.05) is 11.9 Å². The highest BCUT2D eigenvalue weighted by Crippen LogP contribution is 2.21. The fraction of sp³-hybridized carbons (Fsp3) is 0.143. The first-order valence-electron chi connectivity index (χ1n) is 5.74. The molecule has 0 saturated carbocycles. The molecule has 1 heterocycles. The van der Waals surface area contributed by atoms with Crippen molar-refractivity contribution in [1.82, 2.24) is 5.16 Å². The number of benzene rings is 1. The maximum Gasteiger partial charge on any atom is 0.294 e. The van der Waals surface area contributed by atoms with Gasteiger partial charge in [-0.3, -0.25) is 4.79 Å². The average molecular weight is 291 g/mol. The van der Waals surface area contributed by atoms with Gasteiger partial charge in [0.05, 0.1) is 11.4 Å². The van der Waals surface area contributed by atoms with E-state index in [1.807, 2.05) is 0 Å². The molecular formula is C14H11ClN2O3. The number of aliphatic hydroxyl groups excluding tert-OH is 1. The molecule has 1 aromatic carbocycles. The molecule has 6 heteroatoms. The predicted molar refractivity (Wildman–Crippen MR) is 74.6 cm³/mol. The lowest BCUT2D eigenvalue weighted by Crippen LogP contribution is -2.12. The van der Waals surface area contributed by atoms with E-state index < -0.39 is 5.91 Å². The van der Waals surface area contributed by atoms with E-state index in [0.717, 1.165) is 0 Å². The minimum Gasteiger partial charge on any atom is -0.384 e. The number of amides is 1. The summed E-state index contributed by atoms with van der Waals surface area (Å²) >= 11 is 5.90. The zero-order valence-electron chi connectivity index (χ0n) is 10.6. The van der Waals surface area contributed by atoms with Gasteiger partial charge in [0.15, 0.2) is 0 Å². The summed E-state index contributed by atoms with van der Waals surface area (Å²) in [6, 6.07) is 6.41. The van der Waals surface area contributed by atoms with Crippen LogP contribution in [0.3, 0.4) is 0 Å². The molecule has 0 aliphatic rings. The van der Waals surface area contributed by atoms with E-state index in [2.05, 4.69) is 22.3 Å². The van der Waals surface area contributed by atoms with Crippen molar-refractivity contribution in [2.24, 2.45) is 0 Å². The second-order valence-corrected chi connectivity index (χ2v) is 4.37. The number of anilines is 1. The van der Waals surface area contributed by atoms with Gasteiger partial charge in [0.1, 0.15) is 6.61 Å². The first-order valence-corrected chi connectivity index (χ1v) is 6.12. The normalized spacial score (nSPS) is 9.75. The Bertz CT molecular complexity index is 698. The van der Waals surface area contributed by atoms with Gasteiger partial charge in [0.25, 0.3) is 5.91 Å². The van der Waals surface area contributed by atoms with Crippen molar-refractivity contribution in [3.8, 4) is 11.8 Å². The molecule has 0 fully saturated rings. The summed E-state index contributed by atoms with van der Waals surface area (Å²) < 4.78 is 4.88. The summed E-state index contributed by atoms with van der Waals surface area (Å²) in [5.74, 6) is 4.91. The lowest BCUT2D eigenvalue weighted by Gasteiger charge is -2.06. The largest absolute Gasteiger partial charge is 0.384 e. The Labute approximate surface area is 120 Å². The Morgan fingerprint density at radius 3 is 2.95 bits per heavy atom. The van der Waals surface area contributed by atoms with Crippen LogP contribution in [0.1, 0.15) is 21.8 Å². The van der Waals surface area contributed by atoms with Crippen molar-refractivity contribution in [1.29, 1.82) is 0 Å². The third-order valence-corrected chi connectivity index (χ3v) is 2.62. The minimum absolute atomic E-state index is 0.101. The zero-order valence-corrected chi connectivity index (χ0v) is 11.4. The average Bonchev–Trinajstić information content (AvgIpc) is 2.85. The Morgan fingerprint density at radius 1 is 1.50 bits per heavy atom. The molecule has 0 aliphatic heterocycles. The molecule has 0 aliphatic carbocycles. The molecule has 0 radical (unpaired) electrons. The first kappa shape index (κ1) is 14.1. The van der Waals surface area contributed by atoms with Crippen LogP contribution in [-0.2, 0) is 0 Å². The molecule has 0 saturated heterocycles. The Balaban J connectivity index is 2.28. The van der Waals surface area contributed by atoms with Gasteiger partial charge < -0.3 is 14.9 Å². The number of hydrogen-bond donors (Lipinski definition) is 2. The van der Waals surface area contributed by atoms with Gasteiger partial charge in [-0.25, -0.2) is 0 Å². The number of carbonyl (C=O) groups is 1. The third kappa shape index (κ3) is 3.38. The number of carbonyl (C=O) groups excluding carboxylic acids is 1. The van der Waals surface area contributed by atoms with Crippen LogP contribution in [0.4, 0.5) is 5.69 Å². The molecular weight excluding hydrogens is 280 g/mol. The predicted octanol–water partition coefficient (Wildman–Crippen LogP) is 2.23. The molecule has 0 bridgehead atoms. The van der Waals surface area contributed by atoms with Crippen molar-refractivity contribution in [3.05, 3.63) is 46.3 Å². The number of halogens is 1. The SMILES string of the molecule is Cc1cc(C(=O)Nc2cc(Cl)ccc2C#CCO)on1. The fourth-order valence-electron chi connectivity index (χ4n) is 1.52. The second kappa shape index (κ2) is 6.24. The summed E-state index contributed by atoms with van der Waals surface area (Å²) in [5, 5.41) is 15.5. The van der Waals surface area contributed by atoms with E-state index in [4.69, 9.17) is 21.2 Å². The van der Waals surface area contributed by atoms with Crippen molar-refractivity contribution < 1.29 is 14.4 Å². The lowest BCUT2D eigenvalue weighted by atomic mass is 10.1. The molecule has 102 valence electrons. The van der Waals surface area contributed by atoms with Gasteiger partial charge >= 0.3 is 0 Å². The number of rotatable bonds is 2. The molecule has 2 rings (SSSR count). The zero-order chi connectivity index (χ0) is 14.5. The van der Waals surface area contributed by atoms with E-state index in [1.165, 1.54) is 6.07 Å². The van der Waals surface area contributed by atoms with E-state index in [0.29, 0.717) is 22.0 Å². The van der Waals surface area contributed by atoms with Crippen LogP contribution in [-0.4, -0.2) is 22.8 Å². The van der Waals surface area contributed by atoms with Crippen LogP contribution in [0.2, 0.25) is 5.02 Å². The number of hydrogen-bond acceptors (Lipinski definition) is 4. The molecule has 2 aromatic rings. The highest BCUT2D eigenvalue weighted by molar-refractivity contribution is 6.31. The van der Waals surface area contributed by atoms with Crippen LogP contribution in [0.5, 0.6) is 0 Å². The number of nitrogens with one attached hydrogen (secondary N) is 1. The molecule has 20 heavy (non-hydrogen) atoms. The summed E-state index contributed by atoms with van der Waals surface area (Å²) in [7, 11) is 0. The number of aliphatic hydroxyl groups is 1. The van der Waals surface area contributed by atoms with Crippen LogP contribution in [0.15, 0.2) is 28.8 Å². The lowest BCUT2D eigenvalue weighted by molar-refractivity contribution is 0.0988. The Morgan fingerprint density at radius 2 is 2.30 bits per heavy atom. The van der Waals surface area contributed by atoms with E-state index in [-0.39, 0.29) is 12.4 Å². The second-order valence-electron chi connectivity index (χ2n) is 3.94. The smallest absolute Gasteiger partial charge is 0.294 e. The number of aryl methyl sites for hydroxylation is 1. The number of aromatic nitrogens is 1. The topological polar surface area (TPSA) is 75.4 Å². The van der Waals surface area contributed by atoms with Gasteiger partial charge in [-0.05, 0) is 25.1 Å². The highest BCUT2D eigenvalue weighted by Gasteiger charge is 2.13. The molecule has 1 aromatic heterocycles. The Hall–Kier alpha value is -2.29. The van der Waals surface area contributed by atoms with Crippen molar-refractivity contribution in [2.45, 2.75) is 6.92 Å². The maximum absolute atomic E-state index is 12.0. The van der Waals surface area contributed by atoms with Crippen LogP contribution >= 0.6 is 11.6 Å². The summed E-state index contributed by atoms with van der Waals surface area (Å²) in [5.41, 5.74) is 1.60. The summed E-state index contributed by atoms with van der Waals surface area (Å²) in [6.45, 7) is 1.45. The molecule has 2 N–H and O–H groups in total. The van der Waals surface area contributed by atoms with Crippen molar-refractivity contribution >= 4 is 23.2 Å². The van der Waals surface area contributed by atoms with Gasteiger partial charge in [-0.15, -0.1) is 0 Å². The van der Waals surface area contributed by atoms with Gasteiger partial charge in [0.2, 0.25) is 5.76 Å². The number of nitrogens with zero attached hydrogens (tertiary/aromatic N) is 1. The Kier molecular flexibility index (Phi) is 4.41. The summed E-state index contributed by atoms with van der Waals surface area (Å²) in [6.07, 6.45) is 0. The van der Waals surface area contributed by atoms with Crippen molar-refractivity contribution in [3.63, 3.8) is 0 Å². The monoisotopic (exact) mass is 290 g/mol. The first-order chi connectivity index (χ1) is 9.60. The molecule has 1 amide bonds. The van der Waals surface area contributed by atoms with Crippen LogP contribution in [0.25, 0.3) is 0 Å². The third-order valence-electron chi connectivity index (χ3n) is 2.38. The quantitative estimate of drug-likeness (QED) is 0.832. The van der Waals surface area contributed by atoms with Crippen LogP contribution in [0, 0.1) is 18.8 Å². The maximum atomic E-state index is 12.0. The molecule has 5 nitrogen and oxygen atoms in total. The highest BCUT2D eigenvalue weighted by atomic mass is 35.5. The standard InChI is InChI=1S/C14H11ClN2O3/c1-9-7-13(20-17-9)14(19)16-12-8-11(15)5-4-10(12)3-2-6-18/h4-5,7-8,18H,6H2,1H3,(H,16,19). The summed E-state index contributed by atoms with van der Waals surface area (Å²) in [4.78, 5) is 12.0. The van der Waals surface area contributed by atoms with E-state index in [9.17, 15) is 4.79 Å². The van der Waals surface area contributed by atoms with Gasteiger partial charge in [0, 0.05) is 16.7 Å². The molecule has 0 atom stereocenters. The van der Waals surface area contributed by atoms with Gasteiger partial charge in [-0.1, -0.05) is 28.6 Å². The molecule has 0 unspecified atom stereocenters. The minimum atomic E-state index is -0.445. The van der Waals surface area contributed by atoms with E-state index >= 15 is 0 Å². The van der Waals surface area contributed by atoms with E-state index in [1.54, 1.807) is 25.1 Å². The van der Waals surface area contributed by atoms with Crippen LogP contribution < -0.4 is 5.32 Å². The fourth-order valence-corrected chi connectivity index (χ4v) is 1.69.